The van der Waals surface area contributed by atoms with Crippen molar-refractivity contribution in [1.82, 2.24) is 9.80 Å². The van der Waals surface area contributed by atoms with Gasteiger partial charge in [-0.05, 0) is 74.9 Å². The van der Waals surface area contributed by atoms with E-state index in [1.54, 1.807) is 0 Å². The number of amides is 1. The van der Waals surface area contributed by atoms with Crippen LogP contribution in [0.3, 0.4) is 0 Å². The summed E-state index contributed by atoms with van der Waals surface area (Å²) < 4.78 is 0. The lowest BCUT2D eigenvalue weighted by Gasteiger charge is -2.39. The number of piperidine rings is 1. The van der Waals surface area contributed by atoms with Gasteiger partial charge in [0, 0.05) is 19.1 Å². The van der Waals surface area contributed by atoms with Crippen LogP contribution in [0.1, 0.15) is 36.8 Å². The number of aryl methyl sites for hydroxylation is 1. The van der Waals surface area contributed by atoms with Crippen molar-refractivity contribution in [2.45, 2.75) is 45.2 Å². The third kappa shape index (κ3) is 5.42. The number of likely N-dealkylation sites (tertiary alicyclic amines) is 2. The molecule has 0 radical (unpaired) electrons. The molecule has 4 rings (SSSR count). The number of benzene rings is 2. The van der Waals surface area contributed by atoms with Crippen molar-refractivity contribution in [3.63, 3.8) is 0 Å². The molecular weight excluding hydrogens is 394 g/mol. The summed E-state index contributed by atoms with van der Waals surface area (Å²) in [5.41, 5.74) is 3.18. The van der Waals surface area contributed by atoms with Crippen molar-refractivity contribution in [3.8, 4) is 0 Å². The Morgan fingerprint density at radius 2 is 1.90 bits per heavy atom. The van der Waals surface area contributed by atoms with Crippen molar-refractivity contribution < 1.29 is 4.79 Å². The molecule has 0 saturated carbocycles. The average molecular weight is 426 g/mol. The average Bonchev–Trinajstić information content (AvgIpc) is 3.19. The van der Waals surface area contributed by atoms with E-state index in [4.69, 9.17) is 11.6 Å². The van der Waals surface area contributed by atoms with Gasteiger partial charge in [-0.2, -0.15) is 0 Å². The third-order valence-corrected chi connectivity index (χ3v) is 6.81. The largest absolute Gasteiger partial charge is 0.324 e. The second-order valence-corrected chi connectivity index (χ2v) is 9.24. The van der Waals surface area contributed by atoms with Crippen LogP contribution < -0.4 is 5.32 Å². The standard InChI is InChI=1S/C25H32ClN3O/c1-19-11-12-23(22(26)15-19)27-25(30)18-29-14-6-10-24(29)21-9-5-13-28(17-21)16-20-7-3-2-4-8-20/h2-4,7-8,11-12,15,21,24H,5-6,9-10,13-14,16-18H2,1H3,(H,27,30)/t21-,24+/m0/s1. The molecule has 5 heteroatoms. The summed E-state index contributed by atoms with van der Waals surface area (Å²) in [5, 5.41) is 3.61. The molecule has 2 aromatic carbocycles. The van der Waals surface area contributed by atoms with Crippen LogP contribution in [-0.4, -0.2) is 47.9 Å². The summed E-state index contributed by atoms with van der Waals surface area (Å²) in [6, 6.07) is 17.0. The van der Waals surface area contributed by atoms with E-state index in [-0.39, 0.29) is 5.91 Å². The molecule has 4 nitrogen and oxygen atoms in total. The Labute approximate surface area is 185 Å². The maximum Gasteiger partial charge on any atom is 0.238 e. The van der Waals surface area contributed by atoms with Gasteiger partial charge in [-0.15, -0.1) is 0 Å². The molecule has 2 heterocycles. The Morgan fingerprint density at radius 1 is 1.10 bits per heavy atom. The maximum atomic E-state index is 12.7. The van der Waals surface area contributed by atoms with Gasteiger partial charge in [-0.25, -0.2) is 0 Å². The van der Waals surface area contributed by atoms with Gasteiger partial charge in [-0.3, -0.25) is 14.6 Å². The van der Waals surface area contributed by atoms with E-state index < -0.39 is 0 Å². The molecule has 2 aliphatic heterocycles. The molecule has 2 aromatic rings. The minimum atomic E-state index is 0.0320. The normalized spacial score (nSPS) is 22.9. The number of rotatable bonds is 6. The highest BCUT2D eigenvalue weighted by Gasteiger charge is 2.35. The van der Waals surface area contributed by atoms with Gasteiger partial charge >= 0.3 is 0 Å². The number of carbonyl (C=O) groups excluding carboxylic acids is 1. The Hall–Kier alpha value is -1.88. The third-order valence-electron chi connectivity index (χ3n) is 6.49. The molecule has 0 spiro atoms. The first-order chi connectivity index (χ1) is 14.6. The van der Waals surface area contributed by atoms with Gasteiger partial charge in [0.25, 0.3) is 0 Å². The Kier molecular flexibility index (Phi) is 7.08. The van der Waals surface area contributed by atoms with Crippen molar-refractivity contribution in [2.24, 2.45) is 5.92 Å². The van der Waals surface area contributed by atoms with Crippen molar-refractivity contribution in [3.05, 3.63) is 64.7 Å². The van der Waals surface area contributed by atoms with Crippen LogP contribution in [0.2, 0.25) is 5.02 Å². The Bertz CT molecular complexity index is 857. The zero-order valence-corrected chi connectivity index (χ0v) is 18.6. The number of anilines is 1. The molecule has 0 aromatic heterocycles. The Balaban J connectivity index is 1.34. The molecule has 2 atom stereocenters. The van der Waals surface area contributed by atoms with Crippen LogP contribution in [-0.2, 0) is 11.3 Å². The van der Waals surface area contributed by atoms with Crippen molar-refractivity contribution >= 4 is 23.2 Å². The topological polar surface area (TPSA) is 35.6 Å². The minimum Gasteiger partial charge on any atom is -0.324 e. The first-order valence-corrected chi connectivity index (χ1v) is 11.5. The van der Waals surface area contributed by atoms with Gasteiger partial charge in [-0.1, -0.05) is 48.0 Å². The van der Waals surface area contributed by atoms with Gasteiger partial charge in [0.1, 0.15) is 0 Å². The molecule has 0 aliphatic carbocycles. The van der Waals surface area contributed by atoms with Crippen LogP contribution in [0, 0.1) is 12.8 Å². The zero-order valence-electron chi connectivity index (χ0n) is 17.8. The second-order valence-electron chi connectivity index (χ2n) is 8.83. The number of hydrogen-bond donors (Lipinski definition) is 1. The molecule has 0 bridgehead atoms. The van der Waals surface area contributed by atoms with Crippen LogP contribution in [0.25, 0.3) is 0 Å². The quantitative estimate of drug-likeness (QED) is 0.710. The van der Waals surface area contributed by atoms with Crippen LogP contribution >= 0.6 is 11.6 Å². The van der Waals surface area contributed by atoms with Crippen LogP contribution in [0.15, 0.2) is 48.5 Å². The minimum absolute atomic E-state index is 0.0320. The number of nitrogens with one attached hydrogen (secondary N) is 1. The predicted molar refractivity (Wildman–Crippen MR) is 124 cm³/mol. The fourth-order valence-electron chi connectivity index (χ4n) is 5.07. The SMILES string of the molecule is Cc1ccc(NC(=O)CN2CCC[C@@H]2[C@H]2CCCN(Cc3ccccc3)C2)c(Cl)c1. The summed E-state index contributed by atoms with van der Waals surface area (Å²) >= 11 is 6.29. The molecule has 2 saturated heterocycles. The number of halogens is 1. The zero-order chi connectivity index (χ0) is 20.9. The van der Waals surface area contributed by atoms with Gasteiger partial charge < -0.3 is 5.32 Å². The number of nitrogens with zero attached hydrogens (tertiary/aromatic N) is 2. The van der Waals surface area contributed by atoms with E-state index in [0.717, 1.165) is 25.2 Å². The molecule has 1 N–H and O–H groups in total. The summed E-state index contributed by atoms with van der Waals surface area (Å²) in [6.07, 6.45) is 4.88. The molecule has 0 unspecified atom stereocenters. The molecule has 30 heavy (non-hydrogen) atoms. The van der Waals surface area contributed by atoms with Gasteiger partial charge in [0.15, 0.2) is 0 Å². The fourth-order valence-corrected chi connectivity index (χ4v) is 5.35. The van der Waals surface area contributed by atoms with Crippen LogP contribution in [0.4, 0.5) is 5.69 Å². The predicted octanol–water partition coefficient (Wildman–Crippen LogP) is 4.96. The molecule has 2 aliphatic rings. The van der Waals surface area contributed by atoms with Gasteiger partial charge in [0.2, 0.25) is 5.91 Å². The van der Waals surface area contributed by atoms with Gasteiger partial charge in [0.05, 0.1) is 17.3 Å². The summed E-state index contributed by atoms with van der Waals surface area (Å²) in [6.45, 7) is 6.78. The number of carbonyl (C=O) groups is 1. The molecule has 1 amide bonds. The summed E-state index contributed by atoms with van der Waals surface area (Å²) in [4.78, 5) is 17.7. The van der Waals surface area contributed by atoms with E-state index in [1.165, 1.54) is 37.8 Å². The Morgan fingerprint density at radius 3 is 2.70 bits per heavy atom. The van der Waals surface area contributed by atoms with E-state index in [1.807, 2.05) is 25.1 Å². The monoisotopic (exact) mass is 425 g/mol. The molecule has 2 fully saturated rings. The van der Waals surface area contributed by atoms with Crippen molar-refractivity contribution in [2.75, 3.05) is 31.5 Å². The highest BCUT2D eigenvalue weighted by Crippen LogP contribution is 2.31. The molecule has 160 valence electrons. The summed E-state index contributed by atoms with van der Waals surface area (Å²) in [7, 11) is 0. The van der Waals surface area contributed by atoms with E-state index in [0.29, 0.717) is 29.2 Å². The fraction of sp³-hybridized carbons (Fsp3) is 0.480. The lowest BCUT2D eigenvalue weighted by atomic mass is 9.89. The lowest BCUT2D eigenvalue weighted by Crippen LogP contribution is -2.46. The van der Waals surface area contributed by atoms with Crippen molar-refractivity contribution in [1.29, 1.82) is 0 Å². The first kappa shape index (κ1) is 21.4. The van der Waals surface area contributed by atoms with E-state index in [2.05, 4.69) is 45.4 Å². The van der Waals surface area contributed by atoms with E-state index in [9.17, 15) is 4.79 Å². The highest BCUT2D eigenvalue weighted by atomic mass is 35.5. The van der Waals surface area contributed by atoms with E-state index >= 15 is 0 Å². The number of hydrogen-bond acceptors (Lipinski definition) is 3. The maximum absolute atomic E-state index is 12.7. The van der Waals surface area contributed by atoms with Crippen LogP contribution in [0.5, 0.6) is 0 Å². The highest BCUT2D eigenvalue weighted by molar-refractivity contribution is 6.33. The smallest absolute Gasteiger partial charge is 0.238 e. The first-order valence-electron chi connectivity index (χ1n) is 11.1. The second kappa shape index (κ2) is 9.95. The molecular formula is C25H32ClN3O. The lowest BCUT2D eigenvalue weighted by molar-refractivity contribution is -0.117. The summed E-state index contributed by atoms with van der Waals surface area (Å²) in [5.74, 6) is 0.672.